The molecule has 1 unspecified atom stereocenters. The summed E-state index contributed by atoms with van der Waals surface area (Å²) >= 11 is 0. The zero-order valence-corrected chi connectivity index (χ0v) is 11.4. The first-order valence-electron chi connectivity index (χ1n) is 5.90. The molecule has 92 valence electrons. The van der Waals surface area contributed by atoms with E-state index in [0.29, 0.717) is 0 Å². The Morgan fingerprint density at radius 2 is 1.87 bits per heavy atom. The van der Waals surface area contributed by atoms with Gasteiger partial charge in [0.25, 0.3) is 0 Å². The van der Waals surface area contributed by atoms with Crippen molar-refractivity contribution in [2.75, 3.05) is 26.3 Å². The summed E-state index contributed by atoms with van der Waals surface area (Å²) < 4.78 is 11.1. The minimum absolute atomic E-state index is 0.233. The van der Waals surface area contributed by atoms with Crippen LogP contribution in [-0.4, -0.2) is 41.6 Å². The molecular formula is C10H26N2O2Si. The Bertz CT molecular complexity index is 131. The molecule has 3 N–H and O–H groups in total. The summed E-state index contributed by atoms with van der Waals surface area (Å²) in [7, 11) is -1.37. The van der Waals surface area contributed by atoms with Gasteiger partial charge in [0.15, 0.2) is 0 Å². The minimum Gasteiger partial charge on any atom is -0.397 e. The molecule has 0 aliphatic carbocycles. The van der Waals surface area contributed by atoms with E-state index in [1.54, 1.807) is 0 Å². The maximum absolute atomic E-state index is 5.63. The van der Waals surface area contributed by atoms with Crippen molar-refractivity contribution in [3.05, 3.63) is 0 Å². The summed E-state index contributed by atoms with van der Waals surface area (Å²) in [6.07, 6.45) is 1.11. The van der Waals surface area contributed by atoms with Crippen LogP contribution in [0.25, 0.3) is 0 Å². The topological polar surface area (TPSA) is 56.5 Å². The van der Waals surface area contributed by atoms with Crippen molar-refractivity contribution < 1.29 is 8.85 Å². The van der Waals surface area contributed by atoms with E-state index >= 15 is 0 Å². The molecule has 0 aromatic carbocycles. The van der Waals surface area contributed by atoms with E-state index in [2.05, 4.69) is 5.32 Å². The number of hydrogen-bond donors (Lipinski definition) is 2. The molecule has 4 nitrogen and oxygen atoms in total. The third-order valence-corrected chi connectivity index (χ3v) is 4.25. The molecule has 0 saturated heterocycles. The lowest BCUT2D eigenvalue weighted by molar-refractivity contribution is 0.212. The van der Waals surface area contributed by atoms with Crippen molar-refractivity contribution in [1.29, 1.82) is 0 Å². The lowest BCUT2D eigenvalue weighted by Crippen LogP contribution is -2.32. The highest BCUT2D eigenvalue weighted by Gasteiger charge is 2.10. The number of nitrogens with two attached hydrogens (primary N) is 1. The van der Waals surface area contributed by atoms with E-state index in [-0.39, 0.29) is 6.04 Å². The van der Waals surface area contributed by atoms with Gasteiger partial charge in [-0.3, -0.25) is 0 Å². The highest BCUT2D eigenvalue weighted by atomic mass is 28.3. The molecule has 15 heavy (non-hydrogen) atoms. The van der Waals surface area contributed by atoms with E-state index in [0.717, 1.165) is 38.8 Å². The van der Waals surface area contributed by atoms with Crippen LogP contribution >= 0.6 is 0 Å². The lowest BCUT2D eigenvalue weighted by atomic mass is 10.3. The Morgan fingerprint density at radius 3 is 2.33 bits per heavy atom. The van der Waals surface area contributed by atoms with E-state index < -0.39 is 9.28 Å². The van der Waals surface area contributed by atoms with E-state index in [9.17, 15) is 0 Å². The summed E-state index contributed by atoms with van der Waals surface area (Å²) in [6, 6.07) is 1.31. The zero-order valence-electron chi connectivity index (χ0n) is 10.3. The van der Waals surface area contributed by atoms with Crippen LogP contribution < -0.4 is 11.1 Å². The first-order chi connectivity index (χ1) is 7.20. The monoisotopic (exact) mass is 234 g/mol. The Balaban J connectivity index is 3.36. The van der Waals surface area contributed by atoms with Gasteiger partial charge in [-0.15, -0.1) is 0 Å². The highest BCUT2D eigenvalue weighted by molar-refractivity contribution is 6.44. The van der Waals surface area contributed by atoms with Gasteiger partial charge in [-0.2, -0.15) is 0 Å². The van der Waals surface area contributed by atoms with E-state index in [1.165, 1.54) is 0 Å². The summed E-state index contributed by atoms with van der Waals surface area (Å²) in [4.78, 5) is 0. The van der Waals surface area contributed by atoms with Gasteiger partial charge in [-0.1, -0.05) is 0 Å². The standard InChI is InChI=1S/C10H26N2O2Si/c1-4-13-15(14-5-2)8-6-7-12-9-10(3)11/h10,12,15H,4-9,11H2,1-3H3. The Labute approximate surface area is 95.4 Å². The summed E-state index contributed by atoms with van der Waals surface area (Å²) in [5.74, 6) is 0. The van der Waals surface area contributed by atoms with Gasteiger partial charge in [-0.05, 0) is 39.8 Å². The predicted molar refractivity (Wildman–Crippen MR) is 66.3 cm³/mol. The van der Waals surface area contributed by atoms with Crippen molar-refractivity contribution in [3.8, 4) is 0 Å². The van der Waals surface area contributed by atoms with Crippen LogP contribution in [0.3, 0.4) is 0 Å². The zero-order chi connectivity index (χ0) is 11.5. The van der Waals surface area contributed by atoms with Crippen molar-refractivity contribution in [2.45, 2.75) is 39.3 Å². The quantitative estimate of drug-likeness (QED) is 0.429. The fourth-order valence-corrected chi connectivity index (χ4v) is 3.02. The maximum Gasteiger partial charge on any atom is 0.321 e. The maximum atomic E-state index is 5.63. The fraction of sp³-hybridized carbons (Fsp3) is 1.00. The smallest absolute Gasteiger partial charge is 0.321 e. The largest absolute Gasteiger partial charge is 0.397 e. The average Bonchev–Trinajstić information content (AvgIpc) is 2.17. The van der Waals surface area contributed by atoms with Gasteiger partial charge < -0.3 is 19.9 Å². The number of nitrogens with one attached hydrogen (secondary N) is 1. The Morgan fingerprint density at radius 1 is 1.27 bits per heavy atom. The third kappa shape index (κ3) is 10.3. The van der Waals surface area contributed by atoms with Crippen molar-refractivity contribution in [1.82, 2.24) is 5.32 Å². The second kappa shape index (κ2) is 10.6. The van der Waals surface area contributed by atoms with Gasteiger partial charge in [0, 0.05) is 25.8 Å². The number of rotatable bonds is 10. The van der Waals surface area contributed by atoms with Crippen molar-refractivity contribution in [2.24, 2.45) is 5.73 Å². The minimum atomic E-state index is -1.37. The van der Waals surface area contributed by atoms with Gasteiger partial charge in [-0.25, -0.2) is 0 Å². The predicted octanol–water partition coefficient (Wildman–Crippen LogP) is 0.607. The molecule has 0 radical (unpaired) electrons. The molecule has 5 heteroatoms. The Hall–Kier alpha value is 0.0569. The van der Waals surface area contributed by atoms with Crippen LogP contribution in [0.2, 0.25) is 6.04 Å². The summed E-state index contributed by atoms with van der Waals surface area (Å²) in [6.45, 7) is 9.47. The van der Waals surface area contributed by atoms with Crippen LogP contribution in [-0.2, 0) is 8.85 Å². The van der Waals surface area contributed by atoms with E-state index in [1.807, 2.05) is 20.8 Å². The van der Waals surface area contributed by atoms with Crippen LogP contribution in [0.1, 0.15) is 27.2 Å². The first-order valence-corrected chi connectivity index (χ1v) is 7.66. The Kier molecular flexibility index (Phi) is 10.6. The molecule has 1 atom stereocenters. The summed E-state index contributed by atoms with van der Waals surface area (Å²) in [5.41, 5.74) is 5.63. The van der Waals surface area contributed by atoms with Gasteiger partial charge in [0.05, 0.1) is 0 Å². The van der Waals surface area contributed by atoms with Crippen LogP contribution in [0.5, 0.6) is 0 Å². The molecule has 0 aromatic heterocycles. The second-order valence-electron chi connectivity index (χ2n) is 3.66. The van der Waals surface area contributed by atoms with Crippen LogP contribution in [0, 0.1) is 0 Å². The average molecular weight is 234 g/mol. The fourth-order valence-electron chi connectivity index (χ4n) is 1.31. The molecule has 0 aliphatic rings. The lowest BCUT2D eigenvalue weighted by Gasteiger charge is -2.14. The van der Waals surface area contributed by atoms with E-state index in [4.69, 9.17) is 14.6 Å². The van der Waals surface area contributed by atoms with Gasteiger partial charge in [0.2, 0.25) is 0 Å². The molecule has 0 rings (SSSR count). The summed E-state index contributed by atoms with van der Waals surface area (Å²) in [5, 5.41) is 3.31. The van der Waals surface area contributed by atoms with Crippen molar-refractivity contribution >= 4 is 9.28 Å². The van der Waals surface area contributed by atoms with Crippen molar-refractivity contribution in [3.63, 3.8) is 0 Å². The van der Waals surface area contributed by atoms with Crippen LogP contribution in [0.15, 0.2) is 0 Å². The second-order valence-corrected chi connectivity index (χ2v) is 5.77. The molecule has 0 aliphatic heterocycles. The highest BCUT2D eigenvalue weighted by Crippen LogP contribution is 2.00. The molecular weight excluding hydrogens is 208 g/mol. The third-order valence-electron chi connectivity index (χ3n) is 1.96. The van der Waals surface area contributed by atoms with Crippen LogP contribution in [0.4, 0.5) is 0 Å². The van der Waals surface area contributed by atoms with Gasteiger partial charge >= 0.3 is 9.28 Å². The van der Waals surface area contributed by atoms with Gasteiger partial charge in [0.1, 0.15) is 0 Å². The molecule has 0 bridgehead atoms. The molecule has 0 heterocycles. The molecule has 0 spiro atoms. The molecule has 0 fully saturated rings. The normalized spacial score (nSPS) is 13.4. The SMILES string of the molecule is CCO[SiH](CCCNCC(C)N)OCC. The molecule has 0 saturated carbocycles. The number of hydrogen-bond acceptors (Lipinski definition) is 4. The molecule has 0 aromatic rings. The first kappa shape index (κ1) is 15.1. The molecule has 0 amide bonds.